The monoisotopic (exact) mass is 417 g/mol. The Morgan fingerprint density at radius 3 is 2.13 bits per heavy atom. The lowest BCUT2D eigenvalue weighted by Gasteiger charge is -2.37. The lowest BCUT2D eigenvalue weighted by atomic mass is 10.1. The minimum atomic E-state index is -0.654. The number of hydrogen-bond acceptors (Lipinski definition) is 4. The van der Waals surface area contributed by atoms with Crippen LogP contribution in [0.4, 0.5) is 0 Å². The first kappa shape index (κ1) is 19.2. The number of piperazine rings is 1. The minimum Gasteiger partial charge on any atom is -0.485 e. The van der Waals surface area contributed by atoms with Crippen molar-refractivity contribution in [2.75, 3.05) is 32.8 Å². The molecule has 1 saturated heterocycles. The summed E-state index contributed by atoms with van der Waals surface area (Å²) in [5, 5.41) is 0. The van der Waals surface area contributed by atoms with Crippen LogP contribution in [0.15, 0.2) is 73.1 Å². The highest BCUT2D eigenvalue weighted by Gasteiger charge is 2.33. The van der Waals surface area contributed by atoms with E-state index in [0.29, 0.717) is 43.2 Å². The van der Waals surface area contributed by atoms with E-state index < -0.39 is 6.10 Å². The van der Waals surface area contributed by atoms with E-state index in [-0.39, 0.29) is 18.4 Å². The van der Waals surface area contributed by atoms with Crippen LogP contribution in [0.3, 0.4) is 0 Å². The largest absolute Gasteiger partial charge is 0.485 e. The van der Waals surface area contributed by atoms with Crippen LogP contribution in [0.25, 0.3) is 5.69 Å². The first-order chi connectivity index (χ1) is 15.2. The van der Waals surface area contributed by atoms with Gasteiger partial charge in [-0.2, -0.15) is 0 Å². The smallest absolute Gasteiger partial charge is 0.267 e. The number of para-hydroxylation sites is 2. The summed E-state index contributed by atoms with van der Waals surface area (Å²) in [6, 6.07) is 18.8. The zero-order valence-corrected chi connectivity index (χ0v) is 17.0. The molecule has 3 heterocycles. The number of amides is 2. The van der Waals surface area contributed by atoms with Crippen LogP contribution in [-0.4, -0.2) is 65.1 Å². The van der Waals surface area contributed by atoms with Gasteiger partial charge < -0.3 is 23.8 Å². The Morgan fingerprint density at radius 1 is 0.774 bits per heavy atom. The van der Waals surface area contributed by atoms with Gasteiger partial charge in [-0.1, -0.05) is 12.1 Å². The van der Waals surface area contributed by atoms with Crippen molar-refractivity contribution < 1.29 is 19.1 Å². The maximum Gasteiger partial charge on any atom is 0.267 e. The van der Waals surface area contributed by atoms with Gasteiger partial charge in [0.05, 0.1) is 0 Å². The molecule has 2 aliphatic rings. The highest BCUT2D eigenvalue weighted by Crippen LogP contribution is 2.31. The molecule has 0 saturated carbocycles. The molecule has 158 valence electrons. The molecule has 1 unspecified atom stereocenters. The maximum absolute atomic E-state index is 12.9. The van der Waals surface area contributed by atoms with Crippen molar-refractivity contribution in [1.82, 2.24) is 14.4 Å². The van der Waals surface area contributed by atoms with Gasteiger partial charge in [0.25, 0.3) is 11.8 Å². The average molecular weight is 417 g/mol. The van der Waals surface area contributed by atoms with Crippen molar-refractivity contribution in [3.8, 4) is 17.2 Å². The first-order valence-electron chi connectivity index (χ1n) is 10.4. The molecule has 0 radical (unpaired) electrons. The third-order valence-corrected chi connectivity index (χ3v) is 5.68. The molecule has 0 aliphatic carbocycles. The fourth-order valence-corrected chi connectivity index (χ4v) is 3.94. The Kier molecular flexibility index (Phi) is 5.08. The number of ether oxygens (including phenoxy) is 2. The number of carbonyl (C=O) groups excluding carboxylic acids is 2. The van der Waals surface area contributed by atoms with E-state index in [1.54, 1.807) is 15.9 Å². The molecule has 1 aromatic heterocycles. The molecule has 7 nitrogen and oxygen atoms in total. The molecule has 1 fully saturated rings. The first-order valence-corrected chi connectivity index (χ1v) is 10.4. The van der Waals surface area contributed by atoms with Crippen molar-refractivity contribution in [2.24, 2.45) is 0 Å². The molecule has 7 heteroatoms. The molecule has 0 bridgehead atoms. The van der Waals surface area contributed by atoms with E-state index in [4.69, 9.17) is 9.47 Å². The van der Waals surface area contributed by atoms with Crippen molar-refractivity contribution in [2.45, 2.75) is 6.10 Å². The van der Waals surface area contributed by atoms with Crippen LogP contribution in [0.2, 0.25) is 0 Å². The van der Waals surface area contributed by atoms with E-state index in [9.17, 15) is 9.59 Å². The predicted octanol–water partition coefficient (Wildman–Crippen LogP) is 2.60. The van der Waals surface area contributed by atoms with Crippen LogP contribution >= 0.6 is 0 Å². The molecule has 2 amide bonds. The summed E-state index contributed by atoms with van der Waals surface area (Å²) in [5.41, 5.74) is 1.66. The van der Waals surface area contributed by atoms with Gasteiger partial charge in [-0.3, -0.25) is 9.59 Å². The molecular formula is C24H23N3O4. The SMILES string of the molecule is O=C(c1ccc(-n2cccc2)cc1)N1CCN(C(=O)C2COc3ccccc3O2)CC1. The number of benzene rings is 2. The van der Waals surface area contributed by atoms with E-state index in [2.05, 4.69) is 0 Å². The Labute approximate surface area is 180 Å². The number of nitrogens with zero attached hydrogens (tertiary/aromatic N) is 3. The lowest BCUT2D eigenvalue weighted by molar-refractivity contribution is -0.142. The molecule has 5 rings (SSSR count). The molecule has 31 heavy (non-hydrogen) atoms. The summed E-state index contributed by atoms with van der Waals surface area (Å²) in [6.07, 6.45) is 3.28. The maximum atomic E-state index is 12.9. The van der Waals surface area contributed by atoms with Crippen LogP contribution < -0.4 is 9.47 Å². The molecule has 0 N–H and O–H groups in total. The Hall–Kier alpha value is -3.74. The van der Waals surface area contributed by atoms with Gasteiger partial charge in [0.15, 0.2) is 11.5 Å². The van der Waals surface area contributed by atoms with Gasteiger partial charge in [-0.05, 0) is 48.5 Å². The van der Waals surface area contributed by atoms with Gasteiger partial charge in [-0.15, -0.1) is 0 Å². The lowest BCUT2D eigenvalue weighted by Crippen LogP contribution is -2.55. The molecule has 0 spiro atoms. The average Bonchev–Trinajstić information content (AvgIpc) is 3.38. The summed E-state index contributed by atoms with van der Waals surface area (Å²) in [4.78, 5) is 29.3. The fraction of sp³-hybridized carbons (Fsp3) is 0.250. The summed E-state index contributed by atoms with van der Waals surface area (Å²) in [5.74, 6) is 1.13. The van der Waals surface area contributed by atoms with Crippen LogP contribution in [-0.2, 0) is 4.79 Å². The van der Waals surface area contributed by atoms with Gasteiger partial charge in [0.2, 0.25) is 6.10 Å². The molecule has 2 aliphatic heterocycles. The summed E-state index contributed by atoms with van der Waals surface area (Å²) in [7, 11) is 0. The number of aromatic nitrogens is 1. The normalized spacial score (nSPS) is 18.0. The van der Waals surface area contributed by atoms with Gasteiger partial charge in [0.1, 0.15) is 6.61 Å². The van der Waals surface area contributed by atoms with Crippen molar-refractivity contribution >= 4 is 11.8 Å². The predicted molar refractivity (Wildman–Crippen MR) is 115 cm³/mol. The number of rotatable bonds is 3. The summed E-state index contributed by atoms with van der Waals surface area (Å²) in [6.45, 7) is 2.14. The Bertz CT molecular complexity index is 1070. The standard InChI is InChI=1S/C24H23N3O4/c28-23(18-7-9-19(10-8-18)25-11-3-4-12-25)26-13-15-27(16-14-26)24(29)22-17-30-20-5-1-2-6-21(20)31-22/h1-12,22H,13-17H2. The van der Waals surface area contributed by atoms with Gasteiger partial charge >= 0.3 is 0 Å². The topological polar surface area (TPSA) is 64.0 Å². The second-order valence-corrected chi connectivity index (χ2v) is 7.62. The second-order valence-electron chi connectivity index (χ2n) is 7.62. The quantitative estimate of drug-likeness (QED) is 0.657. The number of hydrogen-bond donors (Lipinski definition) is 0. The number of fused-ring (bicyclic) bond motifs is 1. The van der Waals surface area contributed by atoms with Crippen LogP contribution in [0.1, 0.15) is 10.4 Å². The van der Waals surface area contributed by atoms with Crippen LogP contribution in [0.5, 0.6) is 11.5 Å². The zero-order valence-electron chi connectivity index (χ0n) is 17.0. The van der Waals surface area contributed by atoms with Crippen molar-refractivity contribution in [1.29, 1.82) is 0 Å². The molecular weight excluding hydrogens is 394 g/mol. The van der Waals surface area contributed by atoms with E-state index >= 15 is 0 Å². The van der Waals surface area contributed by atoms with Crippen molar-refractivity contribution in [3.63, 3.8) is 0 Å². The minimum absolute atomic E-state index is 0.0164. The third kappa shape index (κ3) is 3.86. The zero-order chi connectivity index (χ0) is 21.2. The molecule has 3 aromatic rings. The highest BCUT2D eigenvalue weighted by molar-refractivity contribution is 5.94. The molecule has 2 aromatic carbocycles. The number of carbonyl (C=O) groups is 2. The van der Waals surface area contributed by atoms with Gasteiger partial charge in [-0.25, -0.2) is 0 Å². The van der Waals surface area contributed by atoms with Crippen molar-refractivity contribution in [3.05, 3.63) is 78.6 Å². The van der Waals surface area contributed by atoms with E-state index in [1.807, 2.05) is 71.6 Å². The Balaban J connectivity index is 1.17. The molecule has 1 atom stereocenters. The van der Waals surface area contributed by atoms with E-state index in [1.165, 1.54) is 0 Å². The second kappa shape index (κ2) is 8.18. The fourth-order valence-electron chi connectivity index (χ4n) is 3.94. The summed E-state index contributed by atoms with van der Waals surface area (Å²) < 4.78 is 13.5. The van der Waals surface area contributed by atoms with Gasteiger partial charge in [0, 0.05) is 49.8 Å². The highest BCUT2D eigenvalue weighted by atomic mass is 16.6. The Morgan fingerprint density at radius 2 is 1.42 bits per heavy atom. The summed E-state index contributed by atoms with van der Waals surface area (Å²) >= 11 is 0. The van der Waals surface area contributed by atoms with Crippen LogP contribution in [0, 0.1) is 0 Å². The van der Waals surface area contributed by atoms with E-state index in [0.717, 1.165) is 5.69 Å². The third-order valence-electron chi connectivity index (χ3n) is 5.68.